The lowest BCUT2D eigenvalue weighted by molar-refractivity contribution is 0.627. The first kappa shape index (κ1) is 13.3. The lowest BCUT2D eigenvalue weighted by Gasteiger charge is -2.09. The second-order valence-corrected chi connectivity index (χ2v) is 6.59. The van der Waals surface area contributed by atoms with Crippen molar-refractivity contribution in [1.82, 2.24) is 0 Å². The quantitative estimate of drug-likeness (QED) is 0.586. The summed E-state index contributed by atoms with van der Waals surface area (Å²) in [5.41, 5.74) is 0.792. The van der Waals surface area contributed by atoms with Crippen LogP contribution in [0.4, 0.5) is 4.39 Å². The van der Waals surface area contributed by atoms with Gasteiger partial charge >= 0.3 is 0 Å². The third-order valence-electron chi connectivity index (χ3n) is 2.30. The average Bonchev–Trinajstić information content (AvgIpc) is 2.61. The molecule has 1 heterocycles. The predicted octanol–water partition coefficient (Wildman–Crippen LogP) is 5.94. The molecule has 2 rings (SSSR count). The van der Waals surface area contributed by atoms with Gasteiger partial charge in [0.05, 0.1) is 10.4 Å². The summed E-state index contributed by atoms with van der Waals surface area (Å²) < 4.78 is 14.0. The van der Waals surface area contributed by atoms with Gasteiger partial charge in [0, 0.05) is 14.2 Å². The molecule has 0 aliphatic carbocycles. The number of hydrogen-bond acceptors (Lipinski definition) is 1. The highest BCUT2D eigenvalue weighted by atomic mass is 79.9. The second kappa shape index (κ2) is 5.27. The van der Waals surface area contributed by atoms with E-state index in [0.29, 0.717) is 0 Å². The van der Waals surface area contributed by atoms with Crippen LogP contribution in [0.1, 0.15) is 20.7 Å². The van der Waals surface area contributed by atoms with Crippen LogP contribution in [0.3, 0.4) is 0 Å². The van der Waals surface area contributed by atoms with Crippen molar-refractivity contribution < 1.29 is 4.39 Å². The zero-order valence-corrected chi connectivity index (χ0v) is 12.7. The summed E-state index contributed by atoms with van der Waals surface area (Å²) in [5, 5.41) is -0.223. The Labute approximate surface area is 121 Å². The normalized spacial score (nSPS) is 12.8. The third-order valence-corrected chi connectivity index (χ3v) is 5.23. The molecule has 0 fully saturated rings. The number of halogens is 4. The predicted molar refractivity (Wildman–Crippen MR) is 75.9 cm³/mol. The Morgan fingerprint density at radius 1 is 1.35 bits per heavy atom. The van der Waals surface area contributed by atoms with E-state index >= 15 is 0 Å². The van der Waals surface area contributed by atoms with Gasteiger partial charge in [-0.2, -0.15) is 0 Å². The van der Waals surface area contributed by atoms with Gasteiger partial charge in [0.15, 0.2) is 0 Å². The summed E-state index contributed by atoms with van der Waals surface area (Å²) in [6.07, 6.45) is 0. The minimum atomic E-state index is -0.430. The molecule has 0 saturated carbocycles. The molecule has 0 aliphatic rings. The summed E-state index contributed by atoms with van der Waals surface area (Å²) >= 11 is 17.2. The summed E-state index contributed by atoms with van der Waals surface area (Å²) in [6, 6.07) is 6.57. The second-order valence-electron chi connectivity index (χ2n) is 3.61. The fraction of sp³-hybridized carbons (Fsp3) is 0.167. The monoisotopic (exact) mass is 352 g/mol. The summed E-state index contributed by atoms with van der Waals surface area (Å²) in [7, 11) is 0. The van der Waals surface area contributed by atoms with Crippen molar-refractivity contribution in [2.24, 2.45) is 0 Å². The van der Waals surface area contributed by atoms with Gasteiger partial charge in [-0.3, -0.25) is 0 Å². The van der Waals surface area contributed by atoms with Crippen molar-refractivity contribution >= 4 is 50.5 Å². The van der Waals surface area contributed by atoms with Crippen molar-refractivity contribution in [3.8, 4) is 0 Å². The van der Waals surface area contributed by atoms with Crippen LogP contribution in [0.25, 0.3) is 0 Å². The fourth-order valence-corrected chi connectivity index (χ4v) is 4.09. The molecule has 0 nitrogen and oxygen atoms in total. The van der Waals surface area contributed by atoms with E-state index in [0.717, 1.165) is 14.9 Å². The first-order valence-corrected chi connectivity index (χ1v) is 7.26. The Morgan fingerprint density at radius 3 is 2.59 bits per heavy atom. The number of rotatable bonds is 2. The Morgan fingerprint density at radius 2 is 2.06 bits per heavy atom. The molecule has 1 atom stereocenters. The lowest BCUT2D eigenvalue weighted by Crippen LogP contribution is -1.92. The molecular formula is C12H8BrCl2FS. The third kappa shape index (κ3) is 2.84. The van der Waals surface area contributed by atoms with Crippen LogP contribution in [0.15, 0.2) is 28.7 Å². The van der Waals surface area contributed by atoms with Crippen molar-refractivity contribution in [1.29, 1.82) is 0 Å². The topological polar surface area (TPSA) is 0 Å². The molecule has 1 unspecified atom stereocenters. The van der Waals surface area contributed by atoms with Gasteiger partial charge in [0.25, 0.3) is 0 Å². The molecule has 90 valence electrons. The SMILES string of the molecule is Cc1cc(Br)c(C(Cl)c2ccc(F)c(Cl)c2)s1. The van der Waals surface area contributed by atoms with Crippen molar-refractivity contribution in [2.75, 3.05) is 0 Å². The van der Waals surface area contributed by atoms with Crippen molar-refractivity contribution in [2.45, 2.75) is 12.3 Å². The first-order chi connectivity index (χ1) is 7.99. The molecule has 0 radical (unpaired) electrons. The number of alkyl halides is 1. The van der Waals surface area contributed by atoms with Gasteiger partial charge in [-0.15, -0.1) is 22.9 Å². The molecular weight excluding hydrogens is 346 g/mol. The van der Waals surface area contributed by atoms with E-state index in [1.807, 2.05) is 13.0 Å². The molecule has 0 spiro atoms. The van der Waals surface area contributed by atoms with Crippen molar-refractivity contribution in [3.63, 3.8) is 0 Å². The van der Waals surface area contributed by atoms with Gasteiger partial charge in [0.2, 0.25) is 0 Å². The van der Waals surface area contributed by atoms with Crippen LogP contribution in [0.2, 0.25) is 5.02 Å². The zero-order valence-electron chi connectivity index (χ0n) is 8.81. The molecule has 1 aromatic carbocycles. The number of thiophene rings is 1. The summed E-state index contributed by atoms with van der Waals surface area (Å²) in [4.78, 5) is 2.18. The molecule has 0 bridgehead atoms. The number of benzene rings is 1. The molecule has 2 aromatic rings. The highest BCUT2D eigenvalue weighted by molar-refractivity contribution is 9.10. The average molecular weight is 354 g/mol. The number of aryl methyl sites for hydroxylation is 1. The first-order valence-electron chi connectivity index (χ1n) is 4.84. The molecule has 0 saturated heterocycles. The maximum Gasteiger partial charge on any atom is 0.141 e. The van der Waals surface area contributed by atoms with Gasteiger partial charge in [-0.25, -0.2) is 4.39 Å². The Balaban J connectivity index is 2.40. The zero-order chi connectivity index (χ0) is 12.6. The number of hydrogen-bond donors (Lipinski definition) is 0. The van der Waals surface area contributed by atoms with E-state index in [1.165, 1.54) is 10.9 Å². The highest BCUT2D eigenvalue weighted by Gasteiger charge is 2.17. The van der Waals surface area contributed by atoms with Gasteiger partial charge < -0.3 is 0 Å². The van der Waals surface area contributed by atoms with E-state index in [2.05, 4.69) is 15.9 Å². The molecule has 1 aromatic heterocycles. The highest BCUT2D eigenvalue weighted by Crippen LogP contribution is 2.40. The maximum atomic E-state index is 13.1. The standard InChI is InChI=1S/C12H8BrCl2FS/c1-6-4-8(13)12(17-6)11(15)7-2-3-10(16)9(14)5-7/h2-5,11H,1H3. The largest absolute Gasteiger partial charge is 0.205 e. The Hall–Kier alpha value is -0.0900. The van der Waals surface area contributed by atoms with Crippen molar-refractivity contribution in [3.05, 3.63) is 54.9 Å². The van der Waals surface area contributed by atoms with E-state index in [4.69, 9.17) is 23.2 Å². The lowest BCUT2D eigenvalue weighted by atomic mass is 10.1. The van der Waals surface area contributed by atoms with Crippen LogP contribution in [0, 0.1) is 12.7 Å². The van der Waals surface area contributed by atoms with Gasteiger partial charge in [-0.05, 0) is 46.6 Å². The maximum absolute atomic E-state index is 13.1. The van der Waals surface area contributed by atoms with E-state index in [1.54, 1.807) is 23.5 Å². The van der Waals surface area contributed by atoms with E-state index in [-0.39, 0.29) is 10.4 Å². The van der Waals surface area contributed by atoms with Crippen LogP contribution in [-0.2, 0) is 0 Å². The molecule has 0 amide bonds. The summed E-state index contributed by atoms with van der Waals surface area (Å²) in [5.74, 6) is -0.430. The Kier molecular flexibility index (Phi) is 4.14. The van der Waals surface area contributed by atoms with Crippen LogP contribution < -0.4 is 0 Å². The van der Waals surface area contributed by atoms with Gasteiger partial charge in [0.1, 0.15) is 5.82 Å². The minimum Gasteiger partial charge on any atom is -0.205 e. The van der Waals surface area contributed by atoms with Crippen LogP contribution >= 0.6 is 50.5 Å². The molecule has 0 aliphatic heterocycles. The molecule has 0 N–H and O–H groups in total. The minimum absolute atomic E-state index is 0.0950. The van der Waals surface area contributed by atoms with Crippen LogP contribution in [0.5, 0.6) is 0 Å². The van der Waals surface area contributed by atoms with E-state index in [9.17, 15) is 4.39 Å². The molecule has 17 heavy (non-hydrogen) atoms. The molecule has 5 heteroatoms. The van der Waals surface area contributed by atoms with Gasteiger partial charge in [-0.1, -0.05) is 17.7 Å². The summed E-state index contributed by atoms with van der Waals surface area (Å²) in [6.45, 7) is 2.01. The van der Waals surface area contributed by atoms with E-state index < -0.39 is 5.82 Å². The smallest absolute Gasteiger partial charge is 0.141 e. The Bertz CT molecular complexity index is 553. The fourth-order valence-electron chi connectivity index (χ4n) is 1.50. The van der Waals surface area contributed by atoms with Crippen LogP contribution in [-0.4, -0.2) is 0 Å².